The van der Waals surface area contributed by atoms with Crippen LogP contribution in [0.15, 0.2) is 41.8 Å². The van der Waals surface area contributed by atoms with Crippen molar-refractivity contribution >= 4 is 23.2 Å². The van der Waals surface area contributed by atoms with Crippen LogP contribution in [0.25, 0.3) is 0 Å². The maximum absolute atomic E-state index is 12.0. The zero-order valence-corrected chi connectivity index (χ0v) is 15.7. The third-order valence-electron chi connectivity index (χ3n) is 3.60. The van der Waals surface area contributed by atoms with Gasteiger partial charge in [-0.25, -0.2) is 0 Å². The minimum atomic E-state index is -0.201. The molecule has 2 rings (SSSR count). The molecule has 5 nitrogen and oxygen atoms in total. The molecule has 25 heavy (non-hydrogen) atoms. The van der Waals surface area contributed by atoms with Gasteiger partial charge in [-0.05, 0) is 37.8 Å². The lowest BCUT2D eigenvalue weighted by Crippen LogP contribution is -2.43. The lowest BCUT2D eigenvalue weighted by atomic mass is 10.0. The van der Waals surface area contributed by atoms with Crippen molar-refractivity contribution in [1.29, 1.82) is 0 Å². The van der Waals surface area contributed by atoms with Crippen molar-refractivity contribution in [2.24, 2.45) is 0 Å². The van der Waals surface area contributed by atoms with E-state index in [9.17, 15) is 9.59 Å². The largest absolute Gasteiger partial charge is 0.352 e. The highest BCUT2D eigenvalue weighted by Crippen LogP contribution is 2.26. The summed E-state index contributed by atoms with van der Waals surface area (Å²) in [6.07, 6.45) is 0. The van der Waals surface area contributed by atoms with Crippen LogP contribution >= 0.6 is 11.3 Å². The van der Waals surface area contributed by atoms with Gasteiger partial charge in [0, 0.05) is 10.9 Å². The van der Waals surface area contributed by atoms with E-state index in [0.29, 0.717) is 0 Å². The van der Waals surface area contributed by atoms with Gasteiger partial charge in [0.15, 0.2) is 0 Å². The van der Waals surface area contributed by atoms with Crippen LogP contribution < -0.4 is 16.0 Å². The normalized spacial score (nSPS) is 12.0. The molecule has 1 heterocycles. The number of benzene rings is 1. The van der Waals surface area contributed by atoms with Crippen LogP contribution in [0.3, 0.4) is 0 Å². The summed E-state index contributed by atoms with van der Waals surface area (Å²) in [5.74, 6) is -0.385. The van der Waals surface area contributed by atoms with Gasteiger partial charge in [-0.2, -0.15) is 0 Å². The summed E-state index contributed by atoms with van der Waals surface area (Å²) in [4.78, 5) is 24.8. The molecule has 0 fully saturated rings. The third kappa shape index (κ3) is 6.32. The number of amides is 2. The number of carbonyl (C=O) groups is 2. The minimum Gasteiger partial charge on any atom is -0.352 e. The Morgan fingerprint density at radius 1 is 1.04 bits per heavy atom. The van der Waals surface area contributed by atoms with Crippen LogP contribution in [0.5, 0.6) is 0 Å². The number of carbonyl (C=O) groups excluding carboxylic acids is 2. The van der Waals surface area contributed by atoms with Gasteiger partial charge >= 0.3 is 0 Å². The lowest BCUT2D eigenvalue weighted by Gasteiger charge is -2.18. The molecule has 0 radical (unpaired) electrons. The van der Waals surface area contributed by atoms with Gasteiger partial charge in [-0.1, -0.05) is 35.9 Å². The van der Waals surface area contributed by atoms with E-state index in [0.717, 1.165) is 10.4 Å². The second-order valence-corrected chi connectivity index (χ2v) is 7.22. The standard InChI is InChI=1S/C19H25N3O2S/c1-13(2)22-18(24)12-20-17(23)11-21-19(16-5-4-10-25-16)15-8-6-14(3)7-9-15/h4-10,13,19,21H,11-12H2,1-3H3,(H,20,23)(H,22,24)/t19-/m1/s1. The van der Waals surface area contributed by atoms with E-state index in [-0.39, 0.29) is 37.0 Å². The molecule has 3 N–H and O–H groups in total. The Kier molecular flexibility index (Phi) is 7.16. The lowest BCUT2D eigenvalue weighted by molar-refractivity contribution is -0.125. The number of thiophene rings is 1. The molecule has 1 atom stereocenters. The minimum absolute atomic E-state index is 0.00705. The van der Waals surface area contributed by atoms with Crippen LogP contribution in [0.1, 0.15) is 35.9 Å². The summed E-state index contributed by atoms with van der Waals surface area (Å²) in [6.45, 7) is 5.95. The van der Waals surface area contributed by atoms with E-state index < -0.39 is 0 Å². The average molecular weight is 359 g/mol. The van der Waals surface area contributed by atoms with E-state index in [1.807, 2.05) is 32.2 Å². The summed E-state index contributed by atoms with van der Waals surface area (Å²) < 4.78 is 0. The molecule has 0 spiro atoms. The Balaban J connectivity index is 1.93. The number of hydrogen-bond acceptors (Lipinski definition) is 4. The van der Waals surface area contributed by atoms with Crippen molar-refractivity contribution in [2.45, 2.75) is 32.9 Å². The quantitative estimate of drug-likeness (QED) is 0.678. The Morgan fingerprint density at radius 2 is 1.76 bits per heavy atom. The molecule has 134 valence electrons. The fourth-order valence-corrected chi connectivity index (χ4v) is 3.23. The summed E-state index contributed by atoms with van der Waals surface area (Å²) in [5, 5.41) is 10.7. The molecule has 0 aliphatic heterocycles. The van der Waals surface area contributed by atoms with Crippen LogP contribution in [-0.4, -0.2) is 30.9 Å². The van der Waals surface area contributed by atoms with E-state index in [4.69, 9.17) is 0 Å². The highest BCUT2D eigenvalue weighted by molar-refractivity contribution is 7.10. The molecule has 0 saturated carbocycles. The second-order valence-electron chi connectivity index (χ2n) is 6.24. The predicted molar refractivity (Wildman–Crippen MR) is 102 cm³/mol. The molecule has 0 unspecified atom stereocenters. The zero-order chi connectivity index (χ0) is 18.2. The van der Waals surface area contributed by atoms with Gasteiger partial charge < -0.3 is 10.6 Å². The maximum atomic E-state index is 12.0. The summed E-state index contributed by atoms with van der Waals surface area (Å²) in [7, 11) is 0. The van der Waals surface area contributed by atoms with Crippen LogP contribution in [0.2, 0.25) is 0 Å². The van der Waals surface area contributed by atoms with E-state index in [1.165, 1.54) is 5.56 Å². The number of nitrogens with one attached hydrogen (secondary N) is 3. The molecule has 0 aliphatic carbocycles. The fraction of sp³-hybridized carbons (Fsp3) is 0.368. The summed E-state index contributed by atoms with van der Waals surface area (Å²) in [5.41, 5.74) is 2.31. The highest BCUT2D eigenvalue weighted by Gasteiger charge is 2.16. The van der Waals surface area contributed by atoms with Crippen molar-refractivity contribution < 1.29 is 9.59 Å². The van der Waals surface area contributed by atoms with Gasteiger partial charge in [-0.15, -0.1) is 11.3 Å². The topological polar surface area (TPSA) is 70.2 Å². The fourth-order valence-electron chi connectivity index (χ4n) is 2.41. The molecular weight excluding hydrogens is 334 g/mol. The van der Waals surface area contributed by atoms with E-state index in [2.05, 4.69) is 46.3 Å². The van der Waals surface area contributed by atoms with Gasteiger partial charge in [0.1, 0.15) is 0 Å². The van der Waals surface area contributed by atoms with Crippen LogP contribution in [0, 0.1) is 6.92 Å². The first-order valence-electron chi connectivity index (χ1n) is 8.35. The maximum Gasteiger partial charge on any atom is 0.239 e. The zero-order valence-electron chi connectivity index (χ0n) is 14.8. The van der Waals surface area contributed by atoms with Gasteiger partial charge in [0.25, 0.3) is 0 Å². The van der Waals surface area contributed by atoms with Crippen molar-refractivity contribution in [3.63, 3.8) is 0 Å². The first kappa shape index (κ1) is 19.1. The molecule has 0 aliphatic rings. The number of rotatable bonds is 8. The van der Waals surface area contributed by atoms with Gasteiger partial charge in [0.2, 0.25) is 11.8 Å². The van der Waals surface area contributed by atoms with E-state index >= 15 is 0 Å². The Hall–Kier alpha value is -2.18. The summed E-state index contributed by atoms with van der Waals surface area (Å²) in [6, 6.07) is 12.3. The Labute approximate surface area is 152 Å². The molecular formula is C19H25N3O2S. The third-order valence-corrected chi connectivity index (χ3v) is 4.54. The monoisotopic (exact) mass is 359 g/mol. The average Bonchev–Trinajstić information content (AvgIpc) is 3.08. The van der Waals surface area contributed by atoms with Crippen molar-refractivity contribution in [3.8, 4) is 0 Å². The first-order chi connectivity index (χ1) is 12.0. The number of aryl methyl sites for hydroxylation is 1. The van der Waals surface area contributed by atoms with Crippen LogP contribution in [0.4, 0.5) is 0 Å². The van der Waals surface area contributed by atoms with Gasteiger partial charge in [-0.3, -0.25) is 14.9 Å². The highest BCUT2D eigenvalue weighted by atomic mass is 32.1. The number of hydrogen-bond donors (Lipinski definition) is 3. The molecule has 2 amide bonds. The van der Waals surface area contributed by atoms with Crippen molar-refractivity contribution in [1.82, 2.24) is 16.0 Å². The Bertz CT molecular complexity index is 681. The molecule has 1 aromatic carbocycles. The smallest absolute Gasteiger partial charge is 0.239 e. The van der Waals surface area contributed by atoms with Gasteiger partial charge in [0.05, 0.1) is 19.1 Å². The summed E-state index contributed by atoms with van der Waals surface area (Å²) >= 11 is 1.65. The predicted octanol–water partition coefficient (Wildman–Crippen LogP) is 2.38. The molecule has 2 aromatic rings. The molecule has 6 heteroatoms. The van der Waals surface area contributed by atoms with Crippen molar-refractivity contribution in [2.75, 3.05) is 13.1 Å². The molecule has 0 saturated heterocycles. The first-order valence-corrected chi connectivity index (χ1v) is 9.23. The molecule has 0 bridgehead atoms. The van der Waals surface area contributed by atoms with E-state index in [1.54, 1.807) is 11.3 Å². The Morgan fingerprint density at radius 3 is 2.36 bits per heavy atom. The van der Waals surface area contributed by atoms with Crippen LogP contribution in [-0.2, 0) is 9.59 Å². The SMILES string of the molecule is Cc1ccc([C@@H](NCC(=O)NCC(=O)NC(C)C)c2cccs2)cc1. The van der Waals surface area contributed by atoms with Crippen molar-refractivity contribution in [3.05, 3.63) is 57.8 Å². The molecule has 1 aromatic heterocycles. The second kappa shape index (κ2) is 9.34.